The standard InChI is InChI=1S/C8H8.C2H3N.2ClH.Pt/c1-2-8-6-4-3-5-7-8;1-2-3;;;/h2-7H,1H2;1H3;2*1H;/q;;;;+2/p-2. The van der Waals surface area contributed by atoms with E-state index < -0.39 is 16.5 Å². The summed E-state index contributed by atoms with van der Waals surface area (Å²) in [5.74, 6) is 0. The Hall–Kier alpha value is -0.282. The second-order valence-corrected chi connectivity index (χ2v) is 5.17. The van der Waals surface area contributed by atoms with Gasteiger partial charge in [0.2, 0.25) is 0 Å². The molecule has 0 atom stereocenters. The van der Waals surface area contributed by atoms with E-state index in [1.807, 2.05) is 36.4 Å². The second kappa shape index (κ2) is 15.2. The van der Waals surface area contributed by atoms with Gasteiger partial charge in [0, 0.05) is 6.92 Å². The fraction of sp³-hybridized carbons (Fsp3) is 0.100. The number of nitrogens with zero attached hydrogens (tertiary/aromatic N) is 1. The van der Waals surface area contributed by atoms with Gasteiger partial charge in [0.1, 0.15) is 0 Å². The average molecular weight is 411 g/mol. The van der Waals surface area contributed by atoms with Crippen LogP contribution in [0.5, 0.6) is 0 Å². The Morgan fingerprint density at radius 2 is 1.71 bits per heavy atom. The first-order valence-electron chi connectivity index (χ1n) is 3.57. The molecule has 0 amide bonds. The molecule has 0 saturated heterocycles. The van der Waals surface area contributed by atoms with Crippen LogP contribution >= 0.6 is 18.8 Å². The molecule has 0 fully saturated rings. The van der Waals surface area contributed by atoms with E-state index in [0.29, 0.717) is 0 Å². The second-order valence-electron chi connectivity index (χ2n) is 1.88. The number of hydrogen-bond acceptors (Lipinski definition) is 1. The minimum absolute atomic E-state index is 0.472. The molecule has 0 aliphatic rings. The van der Waals surface area contributed by atoms with Crippen LogP contribution in [0.4, 0.5) is 0 Å². The molecule has 0 saturated carbocycles. The Labute approximate surface area is 102 Å². The summed E-state index contributed by atoms with van der Waals surface area (Å²) in [4.78, 5) is 0. The maximum absolute atomic E-state index is 7.32. The topological polar surface area (TPSA) is 23.8 Å². The molecule has 1 aromatic carbocycles. The molecular formula is C10H11Cl2NPt. The number of nitriles is 1. The summed E-state index contributed by atoms with van der Waals surface area (Å²) in [6.07, 6.45) is 1.83. The van der Waals surface area contributed by atoms with Gasteiger partial charge in [-0.25, -0.2) is 0 Å². The van der Waals surface area contributed by atoms with Crippen molar-refractivity contribution < 1.29 is 16.5 Å². The summed E-state index contributed by atoms with van der Waals surface area (Å²) in [6, 6.07) is 11.8. The molecule has 4 heteroatoms. The summed E-state index contributed by atoms with van der Waals surface area (Å²) in [6.45, 7) is 5.06. The van der Waals surface area contributed by atoms with Gasteiger partial charge in [0.25, 0.3) is 0 Å². The van der Waals surface area contributed by atoms with Gasteiger partial charge < -0.3 is 0 Å². The van der Waals surface area contributed by atoms with Gasteiger partial charge in [-0.1, -0.05) is 43.0 Å². The fourth-order valence-electron chi connectivity index (χ4n) is 0.589. The van der Waals surface area contributed by atoms with E-state index in [0.717, 1.165) is 0 Å². The zero-order valence-electron chi connectivity index (χ0n) is 7.69. The molecule has 0 bridgehead atoms. The van der Waals surface area contributed by atoms with Crippen molar-refractivity contribution in [2.24, 2.45) is 0 Å². The maximum atomic E-state index is 7.32. The Bertz CT molecular complexity index is 257. The summed E-state index contributed by atoms with van der Waals surface area (Å²) >= 11 is -0.472. The Morgan fingerprint density at radius 1 is 1.36 bits per heavy atom. The summed E-state index contributed by atoms with van der Waals surface area (Å²) in [5.41, 5.74) is 1.17. The molecule has 14 heavy (non-hydrogen) atoms. The normalized spacial score (nSPS) is 7.00. The van der Waals surface area contributed by atoms with Crippen molar-refractivity contribution in [3.05, 3.63) is 42.5 Å². The molecule has 80 valence electrons. The predicted molar refractivity (Wildman–Crippen MR) is 59.5 cm³/mol. The molecular weight excluding hydrogens is 400 g/mol. The van der Waals surface area contributed by atoms with Crippen molar-refractivity contribution in [2.45, 2.75) is 6.92 Å². The first kappa shape index (κ1) is 16.2. The zero-order chi connectivity index (χ0) is 11.2. The van der Waals surface area contributed by atoms with Crippen molar-refractivity contribution >= 4 is 24.9 Å². The first-order valence-corrected chi connectivity index (χ1v) is 9.20. The predicted octanol–water partition coefficient (Wildman–Crippen LogP) is 4.24. The van der Waals surface area contributed by atoms with Crippen LogP contribution in [-0.4, -0.2) is 0 Å². The molecule has 0 heterocycles. The monoisotopic (exact) mass is 410 g/mol. The van der Waals surface area contributed by atoms with Gasteiger partial charge in [-0.3, -0.25) is 0 Å². The molecule has 0 spiro atoms. The van der Waals surface area contributed by atoms with E-state index in [1.165, 1.54) is 12.5 Å². The Balaban J connectivity index is 0. The molecule has 0 unspecified atom stereocenters. The van der Waals surface area contributed by atoms with Crippen LogP contribution in [-0.2, 0) is 16.5 Å². The van der Waals surface area contributed by atoms with E-state index in [9.17, 15) is 0 Å². The number of halogens is 2. The third-order valence-electron chi connectivity index (χ3n) is 1.04. The molecule has 1 rings (SSSR count). The van der Waals surface area contributed by atoms with Crippen molar-refractivity contribution in [2.75, 3.05) is 0 Å². The van der Waals surface area contributed by atoms with Crippen LogP contribution in [0.15, 0.2) is 36.9 Å². The van der Waals surface area contributed by atoms with Crippen LogP contribution in [0.2, 0.25) is 0 Å². The van der Waals surface area contributed by atoms with Crippen LogP contribution < -0.4 is 0 Å². The molecule has 1 aromatic rings. The number of benzene rings is 1. The van der Waals surface area contributed by atoms with Crippen LogP contribution in [0.1, 0.15) is 12.5 Å². The van der Waals surface area contributed by atoms with Gasteiger partial charge >= 0.3 is 35.3 Å². The minimum atomic E-state index is -0.472. The Kier molecular flexibility index (Phi) is 17.5. The summed E-state index contributed by atoms with van der Waals surface area (Å²) in [5, 5.41) is 7.32. The van der Waals surface area contributed by atoms with Gasteiger partial charge in [-0.15, -0.1) is 0 Å². The molecule has 1 nitrogen and oxygen atoms in total. The molecule has 0 aliphatic carbocycles. The fourth-order valence-corrected chi connectivity index (χ4v) is 0.589. The summed E-state index contributed by atoms with van der Waals surface area (Å²) < 4.78 is 0. The third-order valence-corrected chi connectivity index (χ3v) is 1.04. The van der Waals surface area contributed by atoms with Crippen LogP contribution in [0.25, 0.3) is 6.08 Å². The van der Waals surface area contributed by atoms with E-state index in [2.05, 4.69) is 6.58 Å². The van der Waals surface area contributed by atoms with Crippen molar-refractivity contribution in [1.29, 1.82) is 5.26 Å². The SMILES string of the molecule is C=Cc1ccccc1.CC#N.[Cl][Pt][Cl]. The number of hydrogen-bond donors (Lipinski definition) is 0. The van der Waals surface area contributed by atoms with Gasteiger partial charge in [-0.05, 0) is 5.56 Å². The summed E-state index contributed by atoms with van der Waals surface area (Å²) in [7, 11) is 9.75. The first-order chi connectivity index (χ1) is 6.76. The zero-order valence-corrected chi connectivity index (χ0v) is 11.5. The molecule has 0 aliphatic heterocycles. The Morgan fingerprint density at radius 3 is 1.93 bits per heavy atom. The van der Waals surface area contributed by atoms with E-state index in [1.54, 1.807) is 6.07 Å². The molecule has 0 radical (unpaired) electrons. The number of rotatable bonds is 1. The average Bonchev–Trinajstić information content (AvgIpc) is 2.21. The van der Waals surface area contributed by atoms with Crippen molar-refractivity contribution in [3.8, 4) is 6.07 Å². The van der Waals surface area contributed by atoms with E-state index in [4.69, 9.17) is 24.1 Å². The van der Waals surface area contributed by atoms with E-state index >= 15 is 0 Å². The van der Waals surface area contributed by atoms with Crippen LogP contribution in [0, 0.1) is 11.3 Å². The van der Waals surface area contributed by atoms with Gasteiger partial charge in [0.05, 0.1) is 6.07 Å². The van der Waals surface area contributed by atoms with Gasteiger partial charge in [0.15, 0.2) is 0 Å². The van der Waals surface area contributed by atoms with Crippen molar-refractivity contribution in [1.82, 2.24) is 0 Å². The quantitative estimate of drug-likeness (QED) is 0.679. The van der Waals surface area contributed by atoms with Crippen LogP contribution in [0.3, 0.4) is 0 Å². The molecule has 0 N–H and O–H groups in total. The third kappa shape index (κ3) is 14.3. The van der Waals surface area contributed by atoms with E-state index in [-0.39, 0.29) is 0 Å². The van der Waals surface area contributed by atoms with Crippen molar-refractivity contribution in [3.63, 3.8) is 0 Å². The van der Waals surface area contributed by atoms with Gasteiger partial charge in [-0.2, -0.15) is 5.26 Å². The molecule has 0 aromatic heterocycles.